The van der Waals surface area contributed by atoms with Crippen LogP contribution in [0.15, 0.2) is 17.0 Å². The third-order valence-electron chi connectivity index (χ3n) is 1.78. The lowest BCUT2D eigenvalue weighted by Crippen LogP contribution is -2.14. The van der Waals surface area contributed by atoms with E-state index in [4.69, 9.17) is 28.3 Å². The minimum atomic E-state index is -4.22. The highest BCUT2D eigenvalue weighted by Crippen LogP contribution is 2.34. The summed E-state index contributed by atoms with van der Waals surface area (Å²) in [6.45, 7) is 0. The van der Waals surface area contributed by atoms with E-state index in [1.54, 1.807) is 0 Å². The van der Waals surface area contributed by atoms with Crippen LogP contribution in [0.4, 0.5) is 5.69 Å². The molecule has 0 aliphatic carbocycles. The summed E-state index contributed by atoms with van der Waals surface area (Å²) in [7, 11) is -4.22. The number of carbonyl (C=O) groups is 1. The van der Waals surface area contributed by atoms with Crippen molar-refractivity contribution in [2.24, 2.45) is 5.14 Å². The number of nitro benzene ring substituents is 1. The fourth-order valence-corrected chi connectivity index (χ4v) is 2.42. The van der Waals surface area contributed by atoms with Gasteiger partial charge in [-0.1, -0.05) is 11.6 Å². The van der Waals surface area contributed by atoms with Crippen LogP contribution in [0, 0.1) is 10.1 Å². The van der Waals surface area contributed by atoms with E-state index in [0.717, 1.165) is 12.1 Å². The molecule has 10 heteroatoms. The van der Waals surface area contributed by atoms with Crippen molar-refractivity contribution in [3.05, 3.63) is 32.8 Å². The molecule has 0 aliphatic rings. The van der Waals surface area contributed by atoms with Gasteiger partial charge in [0.1, 0.15) is 15.5 Å². The Morgan fingerprint density at radius 1 is 1.41 bits per heavy atom. The van der Waals surface area contributed by atoms with Crippen LogP contribution in [-0.4, -0.2) is 18.6 Å². The van der Waals surface area contributed by atoms with Crippen molar-refractivity contribution in [3.63, 3.8) is 0 Å². The molecule has 7 nitrogen and oxygen atoms in total. The number of hydrogen-bond acceptors (Lipinski definition) is 5. The van der Waals surface area contributed by atoms with Gasteiger partial charge in [-0.3, -0.25) is 14.9 Å². The maximum Gasteiger partial charge on any atom is 0.301 e. The third-order valence-corrected chi connectivity index (χ3v) is 3.43. The molecule has 0 heterocycles. The summed E-state index contributed by atoms with van der Waals surface area (Å²) in [5.41, 5.74) is -1.40. The quantitative estimate of drug-likeness (QED) is 0.512. The average molecular weight is 299 g/mol. The highest BCUT2D eigenvalue weighted by molar-refractivity contribution is 7.89. The number of nitrogens with two attached hydrogens (primary N) is 1. The molecule has 0 unspecified atom stereocenters. The summed E-state index contributed by atoms with van der Waals surface area (Å²) in [5.74, 6) is 0. The SMILES string of the molecule is NS(=O)(=O)c1ccc(C(=O)Cl)c([N+](=O)[O-])c1Cl. The highest BCUT2D eigenvalue weighted by Gasteiger charge is 2.28. The molecule has 0 atom stereocenters. The van der Waals surface area contributed by atoms with Gasteiger partial charge in [0.05, 0.1) is 4.92 Å². The topological polar surface area (TPSA) is 120 Å². The number of nitro groups is 1. The summed E-state index contributed by atoms with van der Waals surface area (Å²) in [5, 5.41) is 13.6. The molecule has 0 aromatic heterocycles. The maximum atomic E-state index is 11.1. The number of carbonyl (C=O) groups excluding carboxylic acids is 1. The molecule has 0 fully saturated rings. The number of nitrogens with zero attached hydrogens (tertiary/aromatic N) is 1. The number of rotatable bonds is 3. The van der Waals surface area contributed by atoms with Gasteiger partial charge in [-0.15, -0.1) is 0 Å². The fraction of sp³-hybridized carbons (Fsp3) is 0. The van der Waals surface area contributed by atoms with E-state index in [9.17, 15) is 23.3 Å². The zero-order valence-corrected chi connectivity index (χ0v) is 10.2. The predicted molar refractivity (Wildman–Crippen MR) is 59.7 cm³/mol. The Hall–Kier alpha value is -1.22. The van der Waals surface area contributed by atoms with Crippen LogP contribution in [0.1, 0.15) is 10.4 Å². The Kier molecular flexibility index (Phi) is 3.72. The molecule has 0 aliphatic heterocycles. The van der Waals surface area contributed by atoms with Gasteiger partial charge in [-0.2, -0.15) is 0 Å². The molecule has 2 N–H and O–H groups in total. The van der Waals surface area contributed by atoms with Gasteiger partial charge in [0.2, 0.25) is 10.0 Å². The predicted octanol–water partition coefficient (Wildman–Crippen LogP) is 1.27. The monoisotopic (exact) mass is 298 g/mol. The fourth-order valence-electron chi connectivity index (χ4n) is 1.10. The second-order valence-corrected chi connectivity index (χ2v) is 5.10. The van der Waals surface area contributed by atoms with Crippen molar-refractivity contribution in [2.75, 3.05) is 0 Å². The van der Waals surface area contributed by atoms with Crippen molar-refractivity contribution < 1.29 is 18.1 Å². The second-order valence-electron chi connectivity index (χ2n) is 2.85. The van der Waals surface area contributed by atoms with Crippen molar-refractivity contribution in [1.82, 2.24) is 0 Å². The largest absolute Gasteiger partial charge is 0.301 e. The summed E-state index contributed by atoms with van der Waals surface area (Å²) in [4.78, 5) is 20.0. The van der Waals surface area contributed by atoms with E-state index in [0.29, 0.717) is 0 Å². The minimum Gasteiger partial charge on any atom is -0.275 e. The summed E-state index contributed by atoms with van der Waals surface area (Å²) >= 11 is 10.6. The zero-order valence-electron chi connectivity index (χ0n) is 7.88. The molecule has 17 heavy (non-hydrogen) atoms. The van der Waals surface area contributed by atoms with Crippen molar-refractivity contribution in [2.45, 2.75) is 4.90 Å². The smallest absolute Gasteiger partial charge is 0.275 e. The van der Waals surface area contributed by atoms with E-state index in [-0.39, 0.29) is 0 Å². The number of primary sulfonamides is 1. The second kappa shape index (κ2) is 4.57. The first-order valence-corrected chi connectivity index (χ1v) is 6.16. The summed E-state index contributed by atoms with van der Waals surface area (Å²) < 4.78 is 22.1. The van der Waals surface area contributed by atoms with Gasteiger partial charge in [0.25, 0.3) is 5.24 Å². The van der Waals surface area contributed by atoms with Crippen LogP contribution in [0.2, 0.25) is 5.02 Å². The number of halogens is 2. The molecule has 0 amide bonds. The van der Waals surface area contributed by atoms with E-state index in [1.165, 1.54) is 0 Å². The molecular formula is C7H4Cl2N2O5S. The minimum absolute atomic E-state index is 0.505. The van der Waals surface area contributed by atoms with E-state index in [2.05, 4.69) is 0 Å². The van der Waals surface area contributed by atoms with Crippen LogP contribution in [-0.2, 0) is 10.0 Å². The Bertz CT molecular complexity index is 613. The van der Waals surface area contributed by atoms with E-state index >= 15 is 0 Å². The molecule has 0 spiro atoms. The Morgan fingerprint density at radius 3 is 2.29 bits per heavy atom. The van der Waals surface area contributed by atoms with E-state index < -0.39 is 41.4 Å². The lowest BCUT2D eigenvalue weighted by molar-refractivity contribution is -0.385. The van der Waals surface area contributed by atoms with Crippen LogP contribution in [0.5, 0.6) is 0 Å². The zero-order chi connectivity index (χ0) is 13.4. The molecular weight excluding hydrogens is 295 g/mol. The first kappa shape index (κ1) is 13.8. The van der Waals surface area contributed by atoms with Crippen LogP contribution in [0.3, 0.4) is 0 Å². The highest BCUT2D eigenvalue weighted by atomic mass is 35.5. The lowest BCUT2D eigenvalue weighted by Gasteiger charge is -2.04. The number of benzene rings is 1. The van der Waals surface area contributed by atoms with Crippen molar-refractivity contribution in [1.29, 1.82) is 0 Å². The van der Waals surface area contributed by atoms with Crippen LogP contribution < -0.4 is 5.14 Å². The number of hydrogen-bond donors (Lipinski definition) is 1. The van der Waals surface area contributed by atoms with Crippen molar-refractivity contribution in [3.8, 4) is 0 Å². The molecule has 0 bridgehead atoms. The number of sulfonamides is 1. The summed E-state index contributed by atoms with van der Waals surface area (Å²) in [6, 6.07) is 1.75. The molecule has 92 valence electrons. The van der Waals surface area contributed by atoms with Crippen molar-refractivity contribution >= 4 is 44.2 Å². The lowest BCUT2D eigenvalue weighted by atomic mass is 10.2. The first-order valence-electron chi connectivity index (χ1n) is 3.85. The van der Waals surface area contributed by atoms with Gasteiger partial charge >= 0.3 is 5.69 Å². The maximum absolute atomic E-state index is 11.1. The van der Waals surface area contributed by atoms with Crippen LogP contribution >= 0.6 is 23.2 Å². The van der Waals surface area contributed by atoms with Gasteiger partial charge in [0.15, 0.2) is 0 Å². The molecule has 0 saturated heterocycles. The summed E-state index contributed by atoms with van der Waals surface area (Å²) in [6.07, 6.45) is 0. The Labute approximate surface area is 105 Å². The Morgan fingerprint density at radius 2 is 1.94 bits per heavy atom. The third kappa shape index (κ3) is 2.72. The van der Waals surface area contributed by atoms with Crippen LogP contribution in [0.25, 0.3) is 0 Å². The van der Waals surface area contributed by atoms with Gasteiger partial charge in [-0.05, 0) is 23.7 Å². The standard InChI is InChI=1S/C7H4Cl2N2O5S/c8-5-4(17(10,15)16)2-1-3(7(9)12)6(5)11(13)14/h1-2H,(H2,10,15,16). The van der Waals surface area contributed by atoms with Gasteiger partial charge in [-0.25, -0.2) is 13.6 Å². The van der Waals surface area contributed by atoms with E-state index in [1.807, 2.05) is 0 Å². The molecule has 0 radical (unpaired) electrons. The first-order chi connectivity index (χ1) is 7.66. The molecule has 1 aromatic carbocycles. The molecule has 1 rings (SSSR count). The molecule has 0 saturated carbocycles. The van der Waals surface area contributed by atoms with Gasteiger partial charge in [0, 0.05) is 0 Å². The molecule has 1 aromatic rings. The Balaban J connectivity index is 3.73. The van der Waals surface area contributed by atoms with Gasteiger partial charge < -0.3 is 0 Å². The normalized spacial score (nSPS) is 11.2. The average Bonchev–Trinajstić information content (AvgIpc) is 2.13.